The zero-order chi connectivity index (χ0) is 26.9. The summed E-state index contributed by atoms with van der Waals surface area (Å²) in [7, 11) is -9.98. The number of primary amides is 1. The molecular formula is C19H24Cl2F5N5O3S. The van der Waals surface area contributed by atoms with Gasteiger partial charge in [-0.3, -0.25) is 9.59 Å². The highest BCUT2D eigenvalue weighted by molar-refractivity contribution is 8.45. The summed E-state index contributed by atoms with van der Waals surface area (Å²) in [6.07, 6.45) is 2.10. The molecule has 6 N–H and O–H groups in total. The van der Waals surface area contributed by atoms with E-state index in [-0.39, 0.29) is 60.9 Å². The van der Waals surface area contributed by atoms with E-state index in [0.717, 1.165) is 17.5 Å². The molecule has 3 rings (SSSR count). The van der Waals surface area contributed by atoms with Gasteiger partial charge < -0.3 is 21.9 Å². The van der Waals surface area contributed by atoms with Crippen molar-refractivity contribution in [2.75, 3.05) is 11.9 Å². The van der Waals surface area contributed by atoms with Gasteiger partial charge in [0.25, 0.3) is 0 Å². The Balaban J connectivity index is 0.000000527. The molecule has 1 saturated carbocycles. The van der Waals surface area contributed by atoms with Crippen molar-refractivity contribution in [1.29, 1.82) is 0 Å². The van der Waals surface area contributed by atoms with Crippen molar-refractivity contribution in [1.82, 2.24) is 9.78 Å². The Morgan fingerprint density at radius 1 is 1.17 bits per heavy atom. The quantitative estimate of drug-likeness (QED) is 0.222. The highest BCUT2D eigenvalue weighted by Crippen LogP contribution is 3.02. The molecule has 0 aliphatic heterocycles. The van der Waals surface area contributed by atoms with Crippen molar-refractivity contribution in [3.8, 4) is 5.69 Å². The van der Waals surface area contributed by atoms with Gasteiger partial charge in [-0.1, -0.05) is 49.6 Å². The minimum absolute atomic E-state index is 0.0322. The van der Waals surface area contributed by atoms with Crippen LogP contribution in [0.1, 0.15) is 38.3 Å². The number of carbonyl (C=O) groups excluding carboxylic acids is 1. The third-order valence-corrected chi connectivity index (χ3v) is 6.79. The molecule has 8 nitrogen and oxygen atoms in total. The molecule has 0 bridgehead atoms. The van der Waals surface area contributed by atoms with E-state index >= 15 is 0 Å². The fourth-order valence-electron chi connectivity index (χ4n) is 2.68. The van der Waals surface area contributed by atoms with Crippen molar-refractivity contribution in [2.45, 2.75) is 44.0 Å². The van der Waals surface area contributed by atoms with E-state index in [1.165, 1.54) is 6.07 Å². The van der Waals surface area contributed by atoms with Crippen LogP contribution in [-0.2, 0) is 16.1 Å². The second-order valence-electron chi connectivity index (χ2n) is 8.19. The Labute approximate surface area is 207 Å². The normalized spacial score (nSPS) is 16.4. The lowest BCUT2D eigenvalue weighted by molar-refractivity contribution is -0.137. The molecule has 16 heteroatoms. The molecule has 198 valence electrons. The fourth-order valence-corrected chi connectivity index (χ4v) is 4.14. The zero-order valence-corrected chi connectivity index (χ0v) is 20.7. The van der Waals surface area contributed by atoms with Crippen LogP contribution in [0.3, 0.4) is 0 Å². The van der Waals surface area contributed by atoms with Crippen molar-refractivity contribution >= 4 is 51.1 Å². The molecule has 0 unspecified atom stereocenters. The summed E-state index contributed by atoms with van der Waals surface area (Å²) in [6.45, 7) is 2.05. The molecule has 0 atom stereocenters. The summed E-state index contributed by atoms with van der Waals surface area (Å²) in [5.74, 6) is -0.946. The maximum atomic E-state index is 13.0. The summed E-state index contributed by atoms with van der Waals surface area (Å²) >= 11 is 11.7. The van der Waals surface area contributed by atoms with E-state index in [9.17, 15) is 29.0 Å². The third kappa shape index (κ3) is 7.85. The van der Waals surface area contributed by atoms with Gasteiger partial charge >= 0.3 is 16.2 Å². The largest absolute Gasteiger partial charge is 0.481 e. The summed E-state index contributed by atoms with van der Waals surface area (Å²) in [6, 6.07) is 1.62. The summed E-state index contributed by atoms with van der Waals surface area (Å²) in [4.78, 5) is 18.6. The van der Waals surface area contributed by atoms with Gasteiger partial charge in [-0.25, -0.2) is 4.68 Å². The number of carbonyl (C=O) groups is 2. The maximum absolute atomic E-state index is 13.0. The van der Waals surface area contributed by atoms with E-state index in [0.29, 0.717) is 5.69 Å². The van der Waals surface area contributed by atoms with Gasteiger partial charge in [0.05, 0.1) is 15.7 Å². The van der Waals surface area contributed by atoms with E-state index in [4.69, 9.17) is 39.8 Å². The predicted octanol–water partition coefficient (Wildman–Crippen LogP) is 5.84. The number of hydrogen-bond donors (Lipinski definition) is 4. The lowest BCUT2D eigenvalue weighted by Gasteiger charge is -2.40. The lowest BCUT2D eigenvalue weighted by Crippen LogP contribution is -2.21. The van der Waals surface area contributed by atoms with Gasteiger partial charge in [-0.2, -0.15) is 5.10 Å². The molecule has 1 aromatic carbocycles. The first-order chi connectivity index (χ1) is 15.8. The third-order valence-electron chi connectivity index (χ3n) is 5.09. The van der Waals surface area contributed by atoms with Gasteiger partial charge in [0.2, 0.25) is 5.91 Å². The van der Waals surface area contributed by atoms with Crippen LogP contribution in [0, 0.1) is 5.41 Å². The van der Waals surface area contributed by atoms with E-state index in [2.05, 4.69) is 10.4 Å². The summed E-state index contributed by atoms with van der Waals surface area (Å²) in [5, 5.41) is 14.1. The minimum Gasteiger partial charge on any atom is -0.481 e. The average Bonchev–Trinajstić information content (AvgIpc) is 3.33. The van der Waals surface area contributed by atoms with Crippen molar-refractivity contribution in [2.24, 2.45) is 16.9 Å². The molecule has 1 amide bonds. The molecule has 0 spiro atoms. The van der Waals surface area contributed by atoms with Crippen LogP contribution in [-0.4, -0.2) is 33.3 Å². The second-order valence-corrected chi connectivity index (χ2v) is 11.4. The molecule has 0 radical (unpaired) electrons. The Hall–Kier alpha value is -2.29. The minimum atomic E-state index is -9.98. The van der Waals surface area contributed by atoms with Crippen molar-refractivity contribution < 1.29 is 34.1 Å². The van der Waals surface area contributed by atoms with Crippen LogP contribution in [0.15, 0.2) is 23.1 Å². The first kappa shape index (κ1) is 28.9. The van der Waals surface area contributed by atoms with Gasteiger partial charge in [-0.05, 0) is 31.4 Å². The topological polar surface area (TPSA) is 136 Å². The summed E-state index contributed by atoms with van der Waals surface area (Å²) < 4.78 is 66.2. The number of halogens is 7. The number of carboxylic acids is 1. The monoisotopic (exact) mass is 567 g/mol. The SMILES string of the molecule is CC1(C(N)=O)CC1.NCc1cc(NCCCC(=O)O)n(-c2c(Cl)cc(S(F)(F)(F)(F)F)cc2Cl)n1. The Bertz CT molecular complexity index is 1120. The second kappa shape index (κ2) is 9.30. The van der Waals surface area contributed by atoms with Crippen LogP contribution < -0.4 is 16.8 Å². The number of nitrogens with zero attached hydrogens (tertiary/aromatic N) is 2. The van der Waals surface area contributed by atoms with Crippen molar-refractivity contribution in [3.63, 3.8) is 0 Å². The highest BCUT2D eigenvalue weighted by atomic mass is 35.5. The maximum Gasteiger partial charge on any atom is 0.310 e. The van der Waals surface area contributed by atoms with Crippen LogP contribution in [0.2, 0.25) is 10.0 Å². The number of nitrogens with one attached hydrogen (secondary N) is 1. The number of aliphatic carboxylic acids is 1. The Morgan fingerprint density at radius 2 is 1.71 bits per heavy atom. The number of carboxylic acid groups (broad SMARTS) is 1. The smallest absolute Gasteiger partial charge is 0.310 e. The van der Waals surface area contributed by atoms with E-state index in [1.807, 2.05) is 6.92 Å². The molecule has 35 heavy (non-hydrogen) atoms. The zero-order valence-electron chi connectivity index (χ0n) is 18.3. The number of aromatic nitrogens is 2. The first-order valence-electron chi connectivity index (χ1n) is 10.1. The number of anilines is 1. The van der Waals surface area contributed by atoms with Crippen molar-refractivity contribution in [3.05, 3.63) is 33.9 Å². The Kier molecular flexibility index (Phi) is 7.69. The van der Waals surface area contributed by atoms with Gasteiger partial charge in [-0.15, -0.1) is 0 Å². The lowest BCUT2D eigenvalue weighted by atomic mass is 10.1. The van der Waals surface area contributed by atoms with Gasteiger partial charge in [0.1, 0.15) is 16.4 Å². The molecule has 1 heterocycles. The Morgan fingerprint density at radius 3 is 2.09 bits per heavy atom. The summed E-state index contributed by atoms with van der Waals surface area (Å²) in [5.41, 5.74) is 10.4. The van der Waals surface area contributed by atoms with E-state index in [1.54, 1.807) is 0 Å². The number of nitrogens with two attached hydrogens (primary N) is 2. The van der Waals surface area contributed by atoms with Gasteiger partial charge in [0.15, 0.2) is 0 Å². The highest BCUT2D eigenvalue weighted by Gasteiger charge is 2.65. The van der Waals surface area contributed by atoms with Gasteiger partial charge in [0, 0.05) is 31.0 Å². The van der Waals surface area contributed by atoms with Crippen LogP contribution in [0.25, 0.3) is 5.69 Å². The molecule has 2 aromatic rings. The molecule has 1 aliphatic carbocycles. The number of benzene rings is 1. The number of amides is 1. The van der Waals surface area contributed by atoms with Crippen LogP contribution in [0.5, 0.6) is 0 Å². The van der Waals surface area contributed by atoms with Crippen LogP contribution >= 0.6 is 33.4 Å². The van der Waals surface area contributed by atoms with E-state index < -0.39 is 31.1 Å². The number of rotatable bonds is 9. The molecule has 1 fully saturated rings. The van der Waals surface area contributed by atoms with Crippen LogP contribution in [0.4, 0.5) is 25.2 Å². The predicted molar refractivity (Wildman–Crippen MR) is 125 cm³/mol. The molecule has 1 aliphatic rings. The first-order valence-corrected chi connectivity index (χ1v) is 12.8. The fraction of sp³-hybridized carbons (Fsp3) is 0.421. The average molecular weight is 568 g/mol. The molecule has 0 saturated heterocycles. The standard InChI is InChI=1S/C14H15Cl2F5N4O2S.C5H9NO/c15-10-5-9(28(17,18,19,20)21)6-11(16)14(10)25-12(4-8(7-22)24-25)23-3-1-2-13(26)27;1-5(2-3-5)4(6)7/h4-6,23H,1-3,7,22H2,(H,26,27);2-3H2,1H3,(H2,6,7). The number of hydrogen-bond acceptors (Lipinski definition) is 5. The molecule has 1 aromatic heterocycles. The molecular weight excluding hydrogens is 544 g/mol.